The third kappa shape index (κ3) is 13.3. The molecule has 14 nitrogen and oxygen atoms in total. The molecule has 3 atom stereocenters. The van der Waals surface area contributed by atoms with Crippen LogP contribution in [0, 0.1) is 34.3 Å². The van der Waals surface area contributed by atoms with Crippen molar-refractivity contribution in [3.63, 3.8) is 0 Å². The Bertz CT molecular complexity index is 2700. The van der Waals surface area contributed by atoms with Crippen molar-refractivity contribution in [3.8, 4) is 23.0 Å². The number of anilines is 1. The molecule has 3 unspecified atom stereocenters. The minimum absolute atomic E-state index is 0.0156. The van der Waals surface area contributed by atoms with Gasteiger partial charge in [0.05, 0.1) is 63.9 Å². The van der Waals surface area contributed by atoms with E-state index in [1.54, 1.807) is 0 Å². The van der Waals surface area contributed by atoms with Crippen LogP contribution in [0.4, 0.5) is 54.5 Å². The number of nitrogens with zero attached hydrogens (tertiary/aromatic N) is 4. The quantitative estimate of drug-likeness (QED) is 0.0157. The Kier molecular flexibility index (Phi) is 16.9. The number of urea groups is 1. The maximum Gasteiger partial charge on any atom is 0.433 e. The van der Waals surface area contributed by atoms with Crippen LogP contribution in [0.3, 0.4) is 0 Å². The van der Waals surface area contributed by atoms with E-state index in [-0.39, 0.29) is 51.6 Å². The topological polar surface area (TPSA) is 210 Å². The summed E-state index contributed by atoms with van der Waals surface area (Å²) in [4.78, 5) is 31.9. The van der Waals surface area contributed by atoms with Crippen molar-refractivity contribution in [1.29, 1.82) is 10.8 Å². The van der Waals surface area contributed by atoms with Crippen LogP contribution in [0.1, 0.15) is 49.7 Å². The average molecular weight is 1040 g/mol. The number of carbonyl (C=O) groups is 2. The fourth-order valence-electron chi connectivity index (χ4n) is 6.95. The summed E-state index contributed by atoms with van der Waals surface area (Å²) in [5.41, 5.74) is -5.94. The minimum Gasteiger partial charge on any atom is -0.615 e. The van der Waals surface area contributed by atoms with Crippen LogP contribution in [0.25, 0.3) is 22.0 Å². The lowest BCUT2D eigenvalue weighted by atomic mass is 9.93. The SMILES string of the molecule is C[S+]([O-])N(C(=O)NCCNC=N)c1nn(CC(F)(F)F)c2c(-c3ccc(C#CC(C)(C)[S+](C)[O-])nc3C(Cc3cc(F)cc(F)c3)NC(=O)CNC3=C(C(=N)C(F)(F)F)CCC3(F)F)ccc(Cl)c12. The number of allylic oxidation sites excluding steroid dienone is 2. The van der Waals surface area contributed by atoms with E-state index in [2.05, 4.69) is 37.9 Å². The van der Waals surface area contributed by atoms with Gasteiger partial charge >= 0.3 is 18.4 Å². The monoisotopic (exact) mass is 1040 g/mol. The van der Waals surface area contributed by atoms with E-state index in [0.717, 1.165) is 24.7 Å². The van der Waals surface area contributed by atoms with Crippen LogP contribution in [0.5, 0.6) is 0 Å². The van der Waals surface area contributed by atoms with Crippen molar-refractivity contribution in [2.75, 3.05) is 36.5 Å². The number of pyridine rings is 1. The normalized spacial score (nSPS) is 15.2. The van der Waals surface area contributed by atoms with Gasteiger partial charge in [0.15, 0.2) is 4.75 Å². The number of benzene rings is 2. The van der Waals surface area contributed by atoms with Gasteiger partial charge in [-0.25, -0.2) is 18.6 Å². The number of alkyl halides is 8. The van der Waals surface area contributed by atoms with E-state index in [9.17, 15) is 62.6 Å². The molecule has 0 radical (unpaired) electrons. The van der Waals surface area contributed by atoms with Crippen LogP contribution >= 0.6 is 11.6 Å². The molecule has 0 spiro atoms. The molecule has 0 saturated carbocycles. The lowest BCUT2D eigenvalue weighted by Crippen LogP contribution is -2.45. The maximum absolute atomic E-state index is 15.0. The summed E-state index contributed by atoms with van der Waals surface area (Å²) in [6.45, 7) is -0.0849. The fourth-order valence-corrected chi connectivity index (χ4v) is 8.06. The number of hydrogen-bond donors (Lipinski definition) is 6. The van der Waals surface area contributed by atoms with Crippen LogP contribution in [0.15, 0.2) is 53.7 Å². The Morgan fingerprint density at radius 3 is 2.28 bits per heavy atom. The summed E-state index contributed by atoms with van der Waals surface area (Å²) < 4.78 is 169. The second-order valence-electron chi connectivity index (χ2n) is 15.7. The summed E-state index contributed by atoms with van der Waals surface area (Å²) in [5, 5.41) is 27.4. The first-order valence-electron chi connectivity index (χ1n) is 20.1. The first kappa shape index (κ1) is 54.2. The Labute approximate surface area is 398 Å². The third-order valence-electron chi connectivity index (χ3n) is 10.3. The summed E-state index contributed by atoms with van der Waals surface area (Å²) in [7, 11) is 0. The third-order valence-corrected chi connectivity index (χ3v) is 13.0. The molecule has 0 bridgehead atoms. The number of halogens is 11. The molecule has 2 aromatic carbocycles. The second kappa shape index (κ2) is 21.5. The molecule has 6 N–H and O–H groups in total. The molecule has 5 rings (SSSR count). The molecular weight excluding hydrogens is 998 g/mol. The average Bonchev–Trinajstić information content (AvgIpc) is 3.74. The number of rotatable bonds is 17. The van der Waals surface area contributed by atoms with Gasteiger partial charge in [-0.3, -0.25) is 20.3 Å². The molecule has 4 aromatic rings. The van der Waals surface area contributed by atoms with Crippen molar-refractivity contribution in [3.05, 3.63) is 87.3 Å². The van der Waals surface area contributed by atoms with E-state index in [0.29, 0.717) is 15.1 Å². The Morgan fingerprint density at radius 1 is 1.03 bits per heavy atom. The van der Waals surface area contributed by atoms with Gasteiger partial charge in [-0.15, -0.1) is 5.10 Å². The van der Waals surface area contributed by atoms with Crippen LogP contribution < -0.4 is 25.6 Å². The number of hydrogen-bond acceptors (Lipinski definition) is 9. The van der Waals surface area contributed by atoms with Gasteiger partial charge in [-0.2, -0.15) is 35.1 Å². The highest BCUT2D eigenvalue weighted by atomic mass is 35.5. The number of nitrogens with one attached hydrogen (secondary N) is 6. The first-order chi connectivity index (χ1) is 32.0. The fraction of sp³-hybridized carbons (Fsp3) is 0.381. The molecule has 2 heterocycles. The van der Waals surface area contributed by atoms with E-state index in [1.807, 2.05) is 5.32 Å². The zero-order valence-electron chi connectivity index (χ0n) is 36.5. The summed E-state index contributed by atoms with van der Waals surface area (Å²) in [6.07, 6.45) is -9.71. The van der Waals surface area contributed by atoms with Crippen LogP contribution in [0.2, 0.25) is 5.02 Å². The van der Waals surface area contributed by atoms with Gasteiger partial charge in [0.25, 0.3) is 5.92 Å². The van der Waals surface area contributed by atoms with E-state index in [1.165, 1.54) is 44.4 Å². The van der Waals surface area contributed by atoms with Gasteiger partial charge in [0, 0.05) is 42.3 Å². The van der Waals surface area contributed by atoms with Crippen molar-refractivity contribution >= 4 is 74.8 Å². The molecule has 2 aromatic heterocycles. The zero-order valence-corrected chi connectivity index (χ0v) is 38.9. The Hall–Kier alpha value is -5.75. The van der Waals surface area contributed by atoms with Crippen molar-refractivity contribution < 1.29 is 62.6 Å². The standard InChI is InChI=1S/C42H41ClF10N10O4S2/c1-39(2,68(3)66)11-9-25-5-6-26(27-7-8-29(43)32-34(27)62(20-41(48,49)50)61-37(32)63(69(4)67)38(65)57-14-13-56-21-54)33(59-25)30(17-22-15-23(44)18-24(45)16-22)60-31(64)19-58-36-28(10-12-40(36,46)47)35(55)42(51,52)53/h5-8,15-16,18,21,30,55,58H,10,12-14,17,19-20H2,1-4H3,(H2,54,56)(H,57,65)(H,60,64). The molecule has 372 valence electrons. The lowest BCUT2D eigenvalue weighted by molar-refractivity contribution is -0.141. The second-order valence-corrected chi connectivity index (χ2v) is 19.2. The molecule has 0 aliphatic heterocycles. The predicted molar refractivity (Wildman–Crippen MR) is 240 cm³/mol. The van der Waals surface area contributed by atoms with Crippen LogP contribution in [-0.4, -0.2) is 103 Å². The Balaban J connectivity index is 1.78. The number of amides is 3. The molecule has 0 saturated heterocycles. The highest BCUT2D eigenvalue weighted by Gasteiger charge is 2.48. The highest BCUT2D eigenvalue weighted by molar-refractivity contribution is 7.93. The number of fused-ring (bicyclic) bond motifs is 1. The van der Waals surface area contributed by atoms with E-state index in [4.69, 9.17) is 22.4 Å². The molecule has 3 amide bonds. The van der Waals surface area contributed by atoms with Crippen LogP contribution in [-0.2, 0) is 40.3 Å². The van der Waals surface area contributed by atoms with Gasteiger partial charge in [-0.05, 0) is 85.6 Å². The maximum atomic E-state index is 15.0. The number of carbonyl (C=O) groups excluding carboxylic acids is 2. The summed E-state index contributed by atoms with van der Waals surface area (Å²) in [6, 6.07) is 4.44. The van der Waals surface area contributed by atoms with E-state index < -0.39 is 136 Å². The van der Waals surface area contributed by atoms with Crippen molar-refractivity contribution in [2.45, 2.75) is 68.7 Å². The van der Waals surface area contributed by atoms with Gasteiger partial charge in [0.1, 0.15) is 35.8 Å². The van der Waals surface area contributed by atoms with Gasteiger partial charge < -0.3 is 30.4 Å². The predicted octanol–water partition coefficient (Wildman–Crippen LogP) is 7.36. The van der Waals surface area contributed by atoms with Crippen molar-refractivity contribution in [1.82, 2.24) is 36.0 Å². The molecule has 0 fully saturated rings. The van der Waals surface area contributed by atoms with Crippen molar-refractivity contribution in [2.24, 2.45) is 0 Å². The smallest absolute Gasteiger partial charge is 0.433 e. The first-order valence-corrected chi connectivity index (χ1v) is 23.5. The summed E-state index contributed by atoms with van der Waals surface area (Å²) in [5.74, 6) is -2.43. The summed E-state index contributed by atoms with van der Waals surface area (Å²) >= 11 is 2.77. The molecule has 27 heteroatoms. The van der Waals surface area contributed by atoms with E-state index >= 15 is 0 Å². The zero-order chi connectivity index (χ0) is 51.4. The highest BCUT2D eigenvalue weighted by Crippen LogP contribution is 2.44. The Morgan fingerprint density at radius 2 is 1.68 bits per heavy atom. The minimum atomic E-state index is -5.32. The molecule has 69 heavy (non-hydrogen) atoms. The largest absolute Gasteiger partial charge is 0.615 e. The molecule has 1 aliphatic carbocycles. The number of aromatic nitrogens is 3. The molecule has 1 aliphatic rings. The van der Waals surface area contributed by atoms with Gasteiger partial charge in [-0.1, -0.05) is 22.0 Å². The molecular formula is C42H41ClF10N10O4S2. The van der Waals surface area contributed by atoms with Gasteiger partial charge in [0.2, 0.25) is 11.7 Å². The lowest BCUT2D eigenvalue weighted by Gasteiger charge is -2.24.